The highest BCUT2D eigenvalue weighted by Gasteiger charge is 2.14. The number of para-hydroxylation sites is 2. The molecule has 0 spiro atoms. The van der Waals surface area contributed by atoms with Crippen molar-refractivity contribution in [3.63, 3.8) is 0 Å². The highest BCUT2D eigenvalue weighted by Crippen LogP contribution is 2.17. The third kappa shape index (κ3) is 5.07. The quantitative estimate of drug-likeness (QED) is 0.412. The third-order valence-electron chi connectivity index (χ3n) is 4.59. The number of amides is 1. The molecule has 3 N–H and O–H groups in total. The molecule has 1 amide bonds. The largest absolute Gasteiger partial charge is 0.349 e. The Bertz CT molecular complexity index is 1280. The lowest BCUT2D eigenvalue weighted by Gasteiger charge is -2.09. The second kappa shape index (κ2) is 8.57. The minimum absolute atomic E-state index is 0.0389. The zero-order valence-electron chi connectivity index (χ0n) is 16.3. The van der Waals surface area contributed by atoms with Crippen LogP contribution in [0.25, 0.3) is 11.0 Å². The van der Waals surface area contributed by atoms with Crippen LogP contribution in [0.15, 0.2) is 77.7 Å². The molecule has 4 aromatic rings. The van der Waals surface area contributed by atoms with Crippen LogP contribution in [0.1, 0.15) is 11.4 Å². The van der Waals surface area contributed by atoms with Gasteiger partial charge in [0.1, 0.15) is 11.6 Å². The predicted octanol–water partition coefficient (Wildman–Crippen LogP) is 3.36. The van der Waals surface area contributed by atoms with Gasteiger partial charge in [-0.3, -0.25) is 9.52 Å². The third-order valence-corrected chi connectivity index (χ3v) is 5.98. The normalized spacial score (nSPS) is 11.4. The summed E-state index contributed by atoms with van der Waals surface area (Å²) in [6.07, 6.45) is 0.144. The molecule has 0 unspecified atom stereocenters. The Balaban J connectivity index is 1.33. The molecule has 7 nitrogen and oxygen atoms in total. The molecule has 158 valence electrons. The molecule has 0 aliphatic heterocycles. The van der Waals surface area contributed by atoms with Crippen LogP contribution in [-0.4, -0.2) is 24.3 Å². The van der Waals surface area contributed by atoms with Crippen molar-refractivity contribution in [2.75, 3.05) is 4.72 Å². The average molecular weight is 438 g/mol. The Kier molecular flexibility index (Phi) is 5.68. The number of benzene rings is 3. The number of anilines is 1. The number of hydrogen-bond donors (Lipinski definition) is 3. The predicted molar refractivity (Wildman–Crippen MR) is 115 cm³/mol. The summed E-state index contributed by atoms with van der Waals surface area (Å²) in [5, 5.41) is 2.81. The van der Waals surface area contributed by atoms with Crippen molar-refractivity contribution in [2.45, 2.75) is 17.9 Å². The number of imidazole rings is 1. The van der Waals surface area contributed by atoms with Crippen molar-refractivity contribution in [3.8, 4) is 0 Å². The fraction of sp³-hybridized carbons (Fsp3) is 0.0909. The minimum Gasteiger partial charge on any atom is -0.349 e. The van der Waals surface area contributed by atoms with Crippen LogP contribution in [0.2, 0.25) is 0 Å². The van der Waals surface area contributed by atoms with Crippen molar-refractivity contribution in [1.29, 1.82) is 0 Å². The van der Waals surface area contributed by atoms with Gasteiger partial charge in [-0.1, -0.05) is 24.3 Å². The number of aromatic amines is 1. The molecule has 31 heavy (non-hydrogen) atoms. The Hall–Kier alpha value is -3.72. The molecule has 3 aromatic carbocycles. The average Bonchev–Trinajstić information content (AvgIpc) is 3.17. The van der Waals surface area contributed by atoms with E-state index in [0.717, 1.165) is 28.7 Å². The van der Waals surface area contributed by atoms with Gasteiger partial charge in [0.25, 0.3) is 10.0 Å². The molecule has 0 aliphatic rings. The number of halogens is 1. The Morgan fingerprint density at radius 2 is 1.68 bits per heavy atom. The van der Waals surface area contributed by atoms with Gasteiger partial charge in [0.15, 0.2) is 0 Å². The minimum atomic E-state index is -3.82. The second-order valence-electron chi connectivity index (χ2n) is 6.91. The molecular weight excluding hydrogens is 419 g/mol. The van der Waals surface area contributed by atoms with Crippen molar-refractivity contribution in [2.24, 2.45) is 0 Å². The van der Waals surface area contributed by atoms with Crippen LogP contribution < -0.4 is 10.0 Å². The Labute approximate surface area is 178 Å². The van der Waals surface area contributed by atoms with Gasteiger partial charge in [-0.25, -0.2) is 17.8 Å². The maximum atomic E-state index is 13.0. The zero-order chi connectivity index (χ0) is 21.8. The summed E-state index contributed by atoms with van der Waals surface area (Å²) >= 11 is 0. The first-order chi connectivity index (χ1) is 14.9. The number of H-pyrrole nitrogens is 1. The molecule has 0 saturated heterocycles. The lowest BCUT2D eigenvalue weighted by molar-refractivity contribution is -0.120. The molecule has 0 saturated carbocycles. The van der Waals surface area contributed by atoms with Gasteiger partial charge in [0.2, 0.25) is 5.91 Å². The number of fused-ring (bicyclic) bond motifs is 1. The van der Waals surface area contributed by atoms with Gasteiger partial charge in [-0.05, 0) is 54.1 Å². The molecule has 0 fully saturated rings. The topological polar surface area (TPSA) is 104 Å². The van der Waals surface area contributed by atoms with E-state index in [-0.39, 0.29) is 23.8 Å². The highest BCUT2D eigenvalue weighted by atomic mass is 32.2. The number of nitrogens with one attached hydrogen (secondary N) is 3. The van der Waals surface area contributed by atoms with Crippen LogP contribution in [-0.2, 0) is 27.8 Å². The maximum Gasteiger partial charge on any atom is 0.261 e. The molecular formula is C22H19FN4O3S. The Morgan fingerprint density at radius 1 is 0.968 bits per heavy atom. The maximum absolute atomic E-state index is 13.0. The molecule has 1 heterocycles. The molecule has 0 bridgehead atoms. The number of aromatic nitrogens is 2. The first kappa shape index (κ1) is 20.5. The van der Waals surface area contributed by atoms with E-state index >= 15 is 0 Å². The fourth-order valence-electron chi connectivity index (χ4n) is 3.04. The van der Waals surface area contributed by atoms with E-state index in [2.05, 4.69) is 20.0 Å². The van der Waals surface area contributed by atoms with Crippen LogP contribution in [0, 0.1) is 5.82 Å². The SMILES string of the molecule is O=C(Cc1ccc(NS(=O)(=O)c2ccc(F)cc2)cc1)NCc1nc2ccccc2[nH]1. The van der Waals surface area contributed by atoms with E-state index < -0.39 is 15.8 Å². The molecule has 1 aromatic heterocycles. The summed E-state index contributed by atoms with van der Waals surface area (Å²) in [5.74, 6) is -0.0258. The highest BCUT2D eigenvalue weighted by molar-refractivity contribution is 7.92. The monoisotopic (exact) mass is 438 g/mol. The van der Waals surface area contributed by atoms with E-state index in [1.807, 2.05) is 24.3 Å². The van der Waals surface area contributed by atoms with E-state index in [0.29, 0.717) is 11.5 Å². The van der Waals surface area contributed by atoms with Crippen molar-refractivity contribution < 1.29 is 17.6 Å². The van der Waals surface area contributed by atoms with E-state index in [1.54, 1.807) is 24.3 Å². The molecule has 0 aliphatic carbocycles. The van der Waals surface area contributed by atoms with Crippen molar-refractivity contribution >= 4 is 32.7 Å². The lowest BCUT2D eigenvalue weighted by Crippen LogP contribution is -2.25. The van der Waals surface area contributed by atoms with Gasteiger partial charge in [0.05, 0.1) is 28.9 Å². The van der Waals surface area contributed by atoms with Crippen LogP contribution in [0.5, 0.6) is 0 Å². The van der Waals surface area contributed by atoms with E-state index in [9.17, 15) is 17.6 Å². The van der Waals surface area contributed by atoms with Crippen LogP contribution in [0.4, 0.5) is 10.1 Å². The zero-order valence-corrected chi connectivity index (χ0v) is 17.1. The van der Waals surface area contributed by atoms with Crippen LogP contribution >= 0.6 is 0 Å². The molecule has 4 rings (SSSR count). The van der Waals surface area contributed by atoms with Gasteiger partial charge >= 0.3 is 0 Å². The molecule has 0 atom stereocenters. The van der Waals surface area contributed by atoms with E-state index in [4.69, 9.17) is 0 Å². The van der Waals surface area contributed by atoms with Gasteiger partial charge in [-0.2, -0.15) is 0 Å². The van der Waals surface area contributed by atoms with E-state index in [1.165, 1.54) is 12.1 Å². The van der Waals surface area contributed by atoms with Gasteiger partial charge in [-0.15, -0.1) is 0 Å². The number of sulfonamides is 1. The van der Waals surface area contributed by atoms with Crippen LogP contribution in [0.3, 0.4) is 0 Å². The summed E-state index contributed by atoms with van der Waals surface area (Å²) in [6.45, 7) is 0.281. The summed E-state index contributed by atoms with van der Waals surface area (Å²) in [5.41, 5.74) is 2.82. The van der Waals surface area contributed by atoms with Crippen molar-refractivity contribution in [1.82, 2.24) is 15.3 Å². The van der Waals surface area contributed by atoms with Gasteiger partial charge in [0, 0.05) is 5.69 Å². The Morgan fingerprint density at radius 3 is 2.39 bits per heavy atom. The standard InChI is InChI=1S/C22H19FN4O3S/c23-16-7-11-18(12-8-16)31(29,30)27-17-9-5-15(6-10-17)13-22(28)24-14-21-25-19-3-1-2-4-20(19)26-21/h1-12,27H,13-14H2,(H,24,28)(H,25,26). The summed E-state index contributed by atoms with van der Waals surface area (Å²) < 4.78 is 40.1. The number of rotatable bonds is 7. The number of hydrogen-bond acceptors (Lipinski definition) is 4. The first-order valence-corrected chi connectivity index (χ1v) is 10.9. The van der Waals surface area contributed by atoms with Crippen molar-refractivity contribution in [3.05, 3.63) is 90.0 Å². The fourth-order valence-corrected chi connectivity index (χ4v) is 4.10. The number of carbonyl (C=O) groups is 1. The van der Waals surface area contributed by atoms with Gasteiger partial charge < -0.3 is 10.3 Å². The number of nitrogens with zero attached hydrogens (tertiary/aromatic N) is 1. The lowest BCUT2D eigenvalue weighted by atomic mass is 10.1. The summed E-state index contributed by atoms with van der Waals surface area (Å²) in [6, 6.07) is 18.7. The second-order valence-corrected chi connectivity index (χ2v) is 8.59. The summed E-state index contributed by atoms with van der Waals surface area (Å²) in [7, 11) is -3.82. The smallest absolute Gasteiger partial charge is 0.261 e. The number of carbonyl (C=O) groups excluding carboxylic acids is 1. The molecule has 0 radical (unpaired) electrons. The molecule has 9 heteroatoms. The summed E-state index contributed by atoms with van der Waals surface area (Å²) in [4.78, 5) is 19.8. The first-order valence-electron chi connectivity index (χ1n) is 9.47.